The summed E-state index contributed by atoms with van der Waals surface area (Å²) >= 11 is 6.33. The molecule has 2 aromatic rings. The van der Waals surface area contributed by atoms with Crippen molar-refractivity contribution < 1.29 is 0 Å². The van der Waals surface area contributed by atoms with E-state index in [1.54, 1.807) is 0 Å². The van der Waals surface area contributed by atoms with Gasteiger partial charge in [0.15, 0.2) is 0 Å². The van der Waals surface area contributed by atoms with E-state index in [1.165, 1.54) is 60.3 Å². The third kappa shape index (κ3) is 5.30. The summed E-state index contributed by atoms with van der Waals surface area (Å²) < 4.78 is 0. The quantitative estimate of drug-likeness (QED) is 0.386. The molecule has 0 saturated heterocycles. The normalized spacial score (nSPS) is 11.6. The summed E-state index contributed by atoms with van der Waals surface area (Å²) in [6, 6.07) is 16.3. The van der Waals surface area contributed by atoms with E-state index in [4.69, 9.17) is 11.8 Å². The molecule has 0 aliphatic heterocycles. The summed E-state index contributed by atoms with van der Waals surface area (Å²) in [6.45, 7) is 6.56. The number of hydrogen-bond acceptors (Lipinski definition) is 1. The van der Waals surface area contributed by atoms with Crippen LogP contribution in [-0.2, 0) is 11.8 Å². The molecule has 24 heavy (non-hydrogen) atoms. The smallest absolute Gasteiger partial charge is 0.0106 e. The Bertz CT molecular complexity index is 606. The van der Waals surface area contributed by atoms with Crippen molar-refractivity contribution >= 4 is 28.5 Å². The molecule has 2 heteroatoms. The highest BCUT2D eigenvalue weighted by Gasteiger charge is 2.21. The van der Waals surface area contributed by atoms with Gasteiger partial charge in [0.05, 0.1) is 0 Å². The zero-order chi connectivity index (χ0) is 17.4. The first-order valence-electron chi connectivity index (χ1n) is 9.30. The van der Waals surface area contributed by atoms with Gasteiger partial charge >= 0.3 is 0 Å². The fourth-order valence-corrected chi connectivity index (χ4v) is 6.96. The van der Waals surface area contributed by atoms with Crippen molar-refractivity contribution in [1.82, 2.24) is 0 Å². The van der Waals surface area contributed by atoms with E-state index in [2.05, 4.69) is 69.3 Å². The van der Waals surface area contributed by atoms with Gasteiger partial charge in [-0.05, 0) is 37.0 Å². The van der Waals surface area contributed by atoms with Crippen LogP contribution in [0.1, 0.15) is 56.6 Å². The number of aryl methyl sites for hydroxylation is 2. The minimum absolute atomic E-state index is 1.15. The Labute approximate surface area is 153 Å². The van der Waals surface area contributed by atoms with Gasteiger partial charge in [-0.15, -0.1) is 0 Å². The predicted molar refractivity (Wildman–Crippen MR) is 114 cm³/mol. The van der Waals surface area contributed by atoms with Crippen LogP contribution in [0, 0.1) is 13.8 Å². The maximum atomic E-state index is 6.33. The Balaban J connectivity index is 2.16. The van der Waals surface area contributed by atoms with Gasteiger partial charge in [-0.25, -0.2) is 0 Å². The molecule has 0 radical (unpaired) electrons. The molecule has 0 fully saturated rings. The highest BCUT2D eigenvalue weighted by molar-refractivity contribution is 8.21. The second-order valence-electron chi connectivity index (χ2n) is 6.90. The lowest BCUT2D eigenvalue weighted by Crippen LogP contribution is -2.18. The van der Waals surface area contributed by atoms with Crippen molar-refractivity contribution in [3.63, 3.8) is 0 Å². The van der Waals surface area contributed by atoms with Crippen LogP contribution < -0.4 is 10.6 Å². The average Bonchev–Trinajstić information content (AvgIpc) is 2.59. The van der Waals surface area contributed by atoms with Crippen molar-refractivity contribution in [2.24, 2.45) is 0 Å². The van der Waals surface area contributed by atoms with Gasteiger partial charge in [0.2, 0.25) is 0 Å². The van der Waals surface area contributed by atoms with E-state index in [-0.39, 0.29) is 0 Å². The largest absolute Gasteiger partial charge is 0.0876 e. The van der Waals surface area contributed by atoms with E-state index in [0.717, 1.165) is 6.16 Å². The molecule has 0 bridgehead atoms. The molecule has 0 atom stereocenters. The van der Waals surface area contributed by atoms with Crippen LogP contribution in [0.15, 0.2) is 48.5 Å². The fraction of sp³-hybridized carbons (Fsp3) is 0.455. The molecule has 2 rings (SSSR count). The SMILES string of the molecule is CCCCCCCCP(=S)(c1ccc(C)cc1)c1ccc(C)cc1. The van der Waals surface area contributed by atoms with Crippen LogP contribution in [0.4, 0.5) is 0 Å². The Morgan fingerprint density at radius 3 is 1.54 bits per heavy atom. The molecule has 0 amide bonds. The summed E-state index contributed by atoms with van der Waals surface area (Å²) in [7, 11) is 0. The molecule has 130 valence electrons. The van der Waals surface area contributed by atoms with Gasteiger partial charge in [-0.3, -0.25) is 0 Å². The first kappa shape index (κ1) is 19.4. The van der Waals surface area contributed by atoms with Crippen molar-refractivity contribution in [3.8, 4) is 0 Å². The van der Waals surface area contributed by atoms with Crippen LogP contribution in [-0.4, -0.2) is 6.16 Å². The first-order valence-corrected chi connectivity index (χ1v) is 12.3. The first-order chi connectivity index (χ1) is 11.6. The van der Waals surface area contributed by atoms with Crippen LogP contribution >= 0.6 is 6.04 Å². The Kier molecular flexibility index (Phi) is 7.72. The van der Waals surface area contributed by atoms with Gasteiger partial charge in [-0.2, -0.15) is 0 Å². The maximum Gasteiger partial charge on any atom is 0.0106 e. The number of benzene rings is 2. The molecule has 0 heterocycles. The molecule has 0 saturated carbocycles. The number of hydrogen-bond donors (Lipinski definition) is 0. The van der Waals surface area contributed by atoms with Crippen molar-refractivity contribution in [1.29, 1.82) is 0 Å². The number of unbranched alkanes of at least 4 members (excludes halogenated alkanes) is 5. The third-order valence-electron chi connectivity index (χ3n) is 4.73. The Morgan fingerprint density at radius 1 is 0.667 bits per heavy atom. The van der Waals surface area contributed by atoms with E-state index in [1.807, 2.05) is 0 Å². The van der Waals surface area contributed by atoms with Crippen LogP contribution in [0.25, 0.3) is 0 Å². The van der Waals surface area contributed by atoms with Crippen LogP contribution in [0.2, 0.25) is 0 Å². The Morgan fingerprint density at radius 2 is 1.08 bits per heavy atom. The fourth-order valence-electron chi connectivity index (χ4n) is 3.09. The minimum atomic E-state index is -1.69. The highest BCUT2D eigenvalue weighted by Crippen LogP contribution is 2.44. The van der Waals surface area contributed by atoms with E-state index < -0.39 is 6.04 Å². The lowest BCUT2D eigenvalue weighted by atomic mass is 10.1. The zero-order valence-electron chi connectivity index (χ0n) is 15.4. The van der Waals surface area contributed by atoms with E-state index >= 15 is 0 Å². The van der Waals surface area contributed by atoms with Gasteiger partial charge in [-0.1, -0.05) is 110 Å². The average molecular weight is 359 g/mol. The molecule has 0 spiro atoms. The standard InChI is InChI=1S/C22H31PS/c1-4-5-6-7-8-9-18-23(24,21-14-10-19(2)11-15-21)22-16-12-20(3)13-17-22/h10-17H,4-9,18H2,1-3H3. The highest BCUT2D eigenvalue weighted by atomic mass is 32.4. The van der Waals surface area contributed by atoms with Crippen molar-refractivity contribution in [2.45, 2.75) is 59.3 Å². The molecule has 0 nitrogen and oxygen atoms in total. The van der Waals surface area contributed by atoms with Gasteiger partial charge in [0.25, 0.3) is 0 Å². The summed E-state index contributed by atoms with van der Waals surface area (Å²) in [5.74, 6) is 0. The lowest BCUT2D eigenvalue weighted by molar-refractivity contribution is 0.626. The van der Waals surface area contributed by atoms with Crippen molar-refractivity contribution in [3.05, 3.63) is 59.7 Å². The molecular formula is C22H31PS. The lowest BCUT2D eigenvalue weighted by Gasteiger charge is -2.24. The second kappa shape index (κ2) is 9.54. The van der Waals surface area contributed by atoms with Crippen molar-refractivity contribution in [2.75, 3.05) is 6.16 Å². The van der Waals surface area contributed by atoms with Crippen LogP contribution in [0.3, 0.4) is 0 Å². The van der Waals surface area contributed by atoms with E-state index in [0.29, 0.717) is 0 Å². The van der Waals surface area contributed by atoms with E-state index in [9.17, 15) is 0 Å². The monoisotopic (exact) mass is 358 g/mol. The third-order valence-corrected chi connectivity index (χ3v) is 9.75. The van der Waals surface area contributed by atoms with Gasteiger partial charge in [0.1, 0.15) is 0 Å². The topological polar surface area (TPSA) is 0 Å². The summed E-state index contributed by atoms with van der Waals surface area (Å²) in [4.78, 5) is 0. The summed E-state index contributed by atoms with van der Waals surface area (Å²) in [6.07, 6.45) is 9.12. The van der Waals surface area contributed by atoms with Gasteiger partial charge in [0, 0.05) is 6.04 Å². The number of rotatable bonds is 9. The molecule has 0 aromatic heterocycles. The zero-order valence-corrected chi connectivity index (χ0v) is 17.1. The molecule has 0 N–H and O–H groups in total. The van der Waals surface area contributed by atoms with Gasteiger partial charge < -0.3 is 0 Å². The molecular weight excluding hydrogens is 327 g/mol. The predicted octanol–water partition coefficient (Wildman–Crippen LogP) is 6.09. The molecule has 0 aliphatic carbocycles. The second-order valence-corrected chi connectivity index (χ2v) is 11.7. The maximum absolute atomic E-state index is 6.33. The minimum Gasteiger partial charge on any atom is -0.0876 e. The molecule has 2 aromatic carbocycles. The van der Waals surface area contributed by atoms with Crippen LogP contribution in [0.5, 0.6) is 0 Å². The summed E-state index contributed by atoms with van der Waals surface area (Å²) in [5, 5.41) is 2.75. The Hall–Kier alpha value is -0.910. The molecule has 0 unspecified atom stereocenters. The molecule has 0 aliphatic rings. The summed E-state index contributed by atoms with van der Waals surface area (Å²) in [5.41, 5.74) is 2.62.